The third-order valence-electron chi connectivity index (χ3n) is 4.59. The minimum Gasteiger partial charge on any atom is -0.341 e. The van der Waals surface area contributed by atoms with E-state index in [-0.39, 0.29) is 6.04 Å². The molecule has 15 heavy (non-hydrogen) atoms. The molecule has 3 aliphatic rings. The van der Waals surface area contributed by atoms with Gasteiger partial charge in [-0.3, -0.25) is 4.79 Å². The van der Waals surface area contributed by atoms with Crippen molar-refractivity contribution in [3.05, 3.63) is 0 Å². The first-order valence-corrected chi connectivity index (χ1v) is 6.28. The van der Waals surface area contributed by atoms with Crippen LogP contribution in [-0.2, 0) is 4.79 Å². The minimum atomic E-state index is 0.229. The summed E-state index contributed by atoms with van der Waals surface area (Å²) in [6.45, 7) is 1.70. The Labute approximate surface area is 91.0 Å². The van der Waals surface area contributed by atoms with Gasteiger partial charge in [0.2, 0.25) is 5.91 Å². The number of carbonyl (C=O) groups is 1. The standard InChI is InChI=1S/C12H20N2O/c13-10-3-4-14(7-10)12(15)11-6-8-1-2-9(11)5-8/h8-11H,1-7,13H2/t8?,9?,10-,11?/m0/s1. The third-order valence-corrected chi connectivity index (χ3v) is 4.59. The number of hydrogen-bond acceptors (Lipinski definition) is 2. The van der Waals surface area contributed by atoms with Crippen molar-refractivity contribution in [2.75, 3.05) is 13.1 Å². The summed E-state index contributed by atoms with van der Waals surface area (Å²) in [4.78, 5) is 14.3. The fourth-order valence-electron chi connectivity index (χ4n) is 3.77. The van der Waals surface area contributed by atoms with Crippen molar-refractivity contribution in [2.45, 2.75) is 38.1 Å². The van der Waals surface area contributed by atoms with Crippen molar-refractivity contribution in [1.82, 2.24) is 4.90 Å². The van der Waals surface area contributed by atoms with E-state index in [1.165, 1.54) is 19.3 Å². The second kappa shape index (κ2) is 3.48. The molecular weight excluding hydrogens is 188 g/mol. The Hall–Kier alpha value is -0.570. The molecule has 1 amide bonds. The number of likely N-dealkylation sites (tertiary alicyclic amines) is 1. The number of nitrogens with zero attached hydrogens (tertiary/aromatic N) is 1. The van der Waals surface area contributed by atoms with Crippen LogP contribution in [0.3, 0.4) is 0 Å². The summed E-state index contributed by atoms with van der Waals surface area (Å²) < 4.78 is 0. The second-order valence-electron chi connectivity index (χ2n) is 5.61. The molecule has 1 aliphatic heterocycles. The summed E-state index contributed by atoms with van der Waals surface area (Å²) in [5.41, 5.74) is 5.84. The van der Waals surface area contributed by atoms with Crippen molar-refractivity contribution < 1.29 is 4.79 Å². The highest BCUT2D eigenvalue weighted by Crippen LogP contribution is 2.49. The van der Waals surface area contributed by atoms with Crippen LogP contribution < -0.4 is 5.73 Å². The Kier molecular flexibility index (Phi) is 2.23. The van der Waals surface area contributed by atoms with E-state index in [1.807, 2.05) is 4.90 Å². The first kappa shape index (κ1) is 9.64. The van der Waals surface area contributed by atoms with Gasteiger partial charge < -0.3 is 10.6 Å². The van der Waals surface area contributed by atoms with Crippen LogP contribution in [0.4, 0.5) is 0 Å². The first-order chi connectivity index (χ1) is 7.24. The van der Waals surface area contributed by atoms with Crippen molar-refractivity contribution in [3.63, 3.8) is 0 Å². The Bertz CT molecular complexity index is 279. The van der Waals surface area contributed by atoms with Gasteiger partial charge in [0, 0.05) is 25.0 Å². The zero-order chi connectivity index (χ0) is 10.4. The van der Waals surface area contributed by atoms with Crippen LogP contribution in [-0.4, -0.2) is 29.9 Å². The molecule has 0 aromatic heterocycles. The van der Waals surface area contributed by atoms with E-state index in [4.69, 9.17) is 5.73 Å². The molecule has 3 rings (SSSR count). The lowest BCUT2D eigenvalue weighted by atomic mass is 9.88. The van der Waals surface area contributed by atoms with E-state index in [0.29, 0.717) is 17.7 Å². The van der Waals surface area contributed by atoms with Crippen LogP contribution >= 0.6 is 0 Å². The minimum absolute atomic E-state index is 0.229. The van der Waals surface area contributed by atoms with Crippen LogP contribution in [0.1, 0.15) is 32.1 Å². The quantitative estimate of drug-likeness (QED) is 0.698. The topological polar surface area (TPSA) is 46.3 Å². The van der Waals surface area contributed by atoms with Gasteiger partial charge in [0.05, 0.1) is 0 Å². The molecule has 0 spiro atoms. The lowest BCUT2D eigenvalue weighted by Crippen LogP contribution is -2.38. The summed E-state index contributed by atoms with van der Waals surface area (Å²) in [6, 6.07) is 0.229. The van der Waals surface area contributed by atoms with Crippen LogP contribution in [0.5, 0.6) is 0 Å². The van der Waals surface area contributed by atoms with Gasteiger partial charge in [-0.15, -0.1) is 0 Å². The molecule has 84 valence electrons. The van der Waals surface area contributed by atoms with Gasteiger partial charge in [-0.05, 0) is 37.5 Å². The maximum atomic E-state index is 12.3. The molecule has 2 aliphatic carbocycles. The van der Waals surface area contributed by atoms with E-state index in [0.717, 1.165) is 31.8 Å². The second-order valence-corrected chi connectivity index (χ2v) is 5.61. The molecule has 2 bridgehead atoms. The Morgan fingerprint density at radius 3 is 2.60 bits per heavy atom. The zero-order valence-corrected chi connectivity index (χ0v) is 9.19. The fourth-order valence-corrected chi connectivity index (χ4v) is 3.77. The molecule has 3 fully saturated rings. The Morgan fingerprint density at radius 2 is 2.07 bits per heavy atom. The summed E-state index contributed by atoms with van der Waals surface area (Å²) in [7, 11) is 0. The van der Waals surface area contributed by atoms with Crippen LogP contribution in [0, 0.1) is 17.8 Å². The van der Waals surface area contributed by atoms with Gasteiger partial charge in [0.25, 0.3) is 0 Å². The molecule has 2 N–H and O–H groups in total. The molecule has 1 heterocycles. The van der Waals surface area contributed by atoms with Crippen molar-refractivity contribution in [2.24, 2.45) is 23.5 Å². The van der Waals surface area contributed by atoms with Gasteiger partial charge >= 0.3 is 0 Å². The van der Waals surface area contributed by atoms with Gasteiger partial charge in [-0.1, -0.05) is 6.42 Å². The number of nitrogens with two attached hydrogens (primary N) is 1. The molecule has 3 heteroatoms. The summed E-state index contributed by atoms with van der Waals surface area (Å²) in [6.07, 6.45) is 6.13. The number of carbonyl (C=O) groups excluding carboxylic acids is 1. The molecule has 0 radical (unpaired) electrons. The lowest BCUT2D eigenvalue weighted by Gasteiger charge is -2.26. The van der Waals surface area contributed by atoms with E-state index in [9.17, 15) is 4.79 Å². The highest BCUT2D eigenvalue weighted by molar-refractivity contribution is 5.80. The van der Waals surface area contributed by atoms with E-state index >= 15 is 0 Å². The highest BCUT2D eigenvalue weighted by atomic mass is 16.2. The summed E-state index contributed by atoms with van der Waals surface area (Å²) >= 11 is 0. The van der Waals surface area contributed by atoms with Gasteiger partial charge in [0.1, 0.15) is 0 Å². The maximum Gasteiger partial charge on any atom is 0.226 e. The predicted octanol–water partition coefficient (Wildman–Crippen LogP) is 0.982. The summed E-state index contributed by atoms with van der Waals surface area (Å²) in [5.74, 6) is 2.34. The largest absolute Gasteiger partial charge is 0.341 e. The molecule has 4 atom stereocenters. The van der Waals surface area contributed by atoms with Crippen LogP contribution in [0.25, 0.3) is 0 Å². The summed E-state index contributed by atoms with van der Waals surface area (Å²) in [5, 5.41) is 0. The molecule has 0 aromatic carbocycles. The fraction of sp³-hybridized carbons (Fsp3) is 0.917. The average Bonchev–Trinajstić information content (AvgIpc) is 2.90. The number of hydrogen-bond donors (Lipinski definition) is 1. The van der Waals surface area contributed by atoms with Crippen molar-refractivity contribution in [1.29, 1.82) is 0 Å². The Morgan fingerprint density at radius 1 is 1.20 bits per heavy atom. The average molecular weight is 208 g/mol. The van der Waals surface area contributed by atoms with E-state index < -0.39 is 0 Å². The SMILES string of the molecule is N[C@H]1CCN(C(=O)C2CC3CCC2C3)C1. The van der Waals surface area contributed by atoms with Gasteiger partial charge in [-0.2, -0.15) is 0 Å². The maximum absolute atomic E-state index is 12.3. The molecule has 2 saturated carbocycles. The molecule has 1 saturated heterocycles. The number of amides is 1. The zero-order valence-electron chi connectivity index (χ0n) is 9.19. The highest BCUT2D eigenvalue weighted by Gasteiger charge is 2.44. The number of fused-ring (bicyclic) bond motifs is 2. The van der Waals surface area contributed by atoms with E-state index in [2.05, 4.69) is 0 Å². The molecule has 0 aromatic rings. The molecule has 3 nitrogen and oxygen atoms in total. The smallest absolute Gasteiger partial charge is 0.226 e. The van der Waals surface area contributed by atoms with Crippen molar-refractivity contribution >= 4 is 5.91 Å². The van der Waals surface area contributed by atoms with E-state index in [1.54, 1.807) is 0 Å². The van der Waals surface area contributed by atoms with Crippen LogP contribution in [0.15, 0.2) is 0 Å². The normalized spacial score (nSPS) is 43.9. The third kappa shape index (κ3) is 1.57. The van der Waals surface area contributed by atoms with Crippen LogP contribution in [0.2, 0.25) is 0 Å². The van der Waals surface area contributed by atoms with Crippen molar-refractivity contribution in [3.8, 4) is 0 Å². The Balaban J connectivity index is 1.65. The van der Waals surface area contributed by atoms with Gasteiger partial charge in [0.15, 0.2) is 0 Å². The molecular formula is C12H20N2O. The first-order valence-electron chi connectivity index (χ1n) is 6.28. The predicted molar refractivity (Wildman–Crippen MR) is 58.1 cm³/mol. The monoisotopic (exact) mass is 208 g/mol. The lowest BCUT2D eigenvalue weighted by molar-refractivity contribution is -0.136. The number of rotatable bonds is 1. The van der Waals surface area contributed by atoms with Gasteiger partial charge in [-0.25, -0.2) is 0 Å². The molecule has 3 unspecified atom stereocenters.